The number of carbonyl (C=O) groups excluding carboxylic acids is 2. The average Bonchev–Trinajstić information content (AvgIpc) is 3.33. The first-order valence-corrected chi connectivity index (χ1v) is 15.4. The highest BCUT2D eigenvalue weighted by molar-refractivity contribution is 5.88. The van der Waals surface area contributed by atoms with Crippen molar-refractivity contribution in [3.8, 4) is 0 Å². The quantitative estimate of drug-likeness (QED) is 0.199. The summed E-state index contributed by atoms with van der Waals surface area (Å²) in [7, 11) is 0. The summed E-state index contributed by atoms with van der Waals surface area (Å²) in [5, 5.41) is 10.9. The number of nitrogens with zero attached hydrogens (tertiary/aromatic N) is 4. The smallest absolute Gasteiger partial charge is 0.416 e. The van der Waals surface area contributed by atoms with Crippen molar-refractivity contribution in [3.05, 3.63) is 53.7 Å². The zero-order valence-corrected chi connectivity index (χ0v) is 27.2. The fourth-order valence-corrected chi connectivity index (χ4v) is 4.48. The van der Waals surface area contributed by atoms with E-state index in [-0.39, 0.29) is 12.0 Å². The fraction of sp³-hybridized carbons (Fsp3) is 0.576. The van der Waals surface area contributed by atoms with Gasteiger partial charge in [0.05, 0.1) is 6.20 Å². The molecule has 10 nitrogen and oxygen atoms in total. The molecule has 43 heavy (non-hydrogen) atoms. The number of fused-ring (bicyclic) bond motifs is 1. The van der Waals surface area contributed by atoms with E-state index in [4.69, 9.17) is 14.5 Å². The predicted octanol–water partition coefficient (Wildman–Crippen LogP) is 7.33. The summed E-state index contributed by atoms with van der Waals surface area (Å²) in [4.78, 5) is 31.9. The monoisotopic (exact) mass is 594 g/mol. The number of hydrogen-bond donors (Lipinski definition) is 2. The molecule has 3 rings (SSSR count). The Morgan fingerprint density at radius 1 is 0.930 bits per heavy atom. The van der Waals surface area contributed by atoms with Gasteiger partial charge in [-0.3, -0.25) is 4.90 Å². The number of aromatic nitrogens is 3. The van der Waals surface area contributed by atoms with Gasteiger partial charge < -0.3 is 20.1 Å². The normalized spacial score (nSPS) is 11.9. The number of anilines is 2. The van der Waals surface area contributed by atoms with Crippen molar-refractivity contribution in [2.75, 3.05) is 29.9 Å². The van der Waals surface area contributed by atoms with Gasteiger partial charge in [-0.25, -0.2) is 14.6 Å². The van der Waals surface area contributed by atoms with Crippen LogP contribution in [-0.2, 0) is 15.9 Å². The number of carbonyl (C=O) groups is 2. The van der Waals surface area contributed by atoms with Crippen molar-refractivity contribution >= 4 is 29.5 Å². The van der Waals surface area contributed by atoms with Crippen LogP contribution in [-0.4, -0.2) is 57.6 Å². The van der Waals surface area contributed by atoms with E-state index in [9.17, 15) is 9.59 Å². The average molecular weight is 595 g/mol. The van der Waals surface area contributed by atoms with E-state index >= 15 is 0 Å². The maximum atomic E-state index is 13.6. The number of rotatable bonds is 13. The largest absolute Gasteiger partial charge is 0.444 e. The number of nitrogens with one attached hydrogen (secondary N) is 2. The molecule has 0 aliphatic heterocycles. The molecule has 10 heteroatoms. The maximum Gasteiger partial charge on any atom is 0.416 e. The molecule has 2 heterocycles. The van der Waals surface area contributed by atoms with E-state index < -0.39 is 17.3 Å². The summed E-state index contributed by atoms with van der Waals surface area (Å²) < 4.78 is 12.9. The Morgan fingerprint density at radius 3 is 2.21 bits per heavy atom. The van der Waals surface area contributed by atoms with Crippen molar-refractivity contribution in [2.45, 2.75) is 105 Å². The Labute approximate surface area is 256 Å². The third kappa shape index (κ3) is 11.1. The van der Waals surface area contributed by atoms with Crippen LogP contribution in [0, 0.1) is 0 Å². The second-order valence-electron chi connectivity index (χ2n) is 13.1. The first-order valence-electron chi connectivity index (χ1n) is 15.4. The van der Waals surface area contributed by atoms with E-state index in [0.717, 1.165) is 49.0 Å². The van der Waals surface area contributed by atoms with Gasteiger partial charge >= 0.3 is 12.2 Å². The number of alkyl carbamates (subject to hydrolysis) is 1. The summed E-state index contributed by atoms with van der Waals surface area (Å²) in [6.45, 7) is 17.1. The molecule has 0 aliphatic carbocycles. The summed E-state index contributed by atoms with van der Waals surface area (Å²) in [5.41, 5.74) is 1.71. The van der Waals surface area contributed by atoms with E-state index in [1.165, 1.54) is 0 Å². The zero-order valence-electron chi connectivity index (χ0n) is 27.2. The van der Waals surface area contributed by atoms with E-state index in [2.05, 4.69) is 41.7 Å². The van der Waals surface area contributed by atoms with Crippen molar-refractivity contribution in [3.63, 3.8) is 0 Å². The lowest BCUT2D eigenvalue weighted by molar-refractivity contribution is 0.0524. The van der Waals surface area contributed by atoms with Crippen LogP contribution in [0.25, 0.3) is 5.65 Å². The Bertz CT molecular complexity index is 1320. The molecule has 236 valence electrons. The SMILES string of the molecule is CC(C)c1cnn2c(N(CCc3ccccc3)C(=O)OC(C)(C)C)cc(NCCCCCCNC(=O)OC(C)(C)C)nc12. The molecular weight excluding hydrogens is 544 g/mol. The molecule has 0 unspecified atom stereocenters. The highest BCUT2D eigenvalue weighted by Crippen LogP contribution is 2.27. The van der Waals surface area contributed by atoms with Crippen LogP contribution in [0.2, 0.25) is 0 Å². The van der Waals surface area contributed by atoms with Gasteiger partial charge in [0.25, 0.3) is 0 Å². The highest BCUT2D eigenvalue weighted by Gasteiger charge is 2.27. The Kier molecular flexibility index (Phi) is 11.8. The van der Waals surface area contributed by atoms with Crippen LogP contribution < -0.4 is 15.5 Å². The van der Waals surface area contributed by atoms with Crippen molar-refractivity contribution in [1.29, 1.82) is 0 Å². The van der Waals surface area contributed by atoms with Crippen LogP contribution in [0.15, 0.2) is 42.6 Å². The van der Waals surface area contributed by atoms with Gasteiger partial charge in [-0.15, -0.1) is 0 Å². The molecule has 0 radical (unpaired) electrons. The second-order valence-corrected chi connectivity index (χ2v) is 13.1. The molecule has 0 aliphatic rings. The summed E-state index contributed by atoms with van der Waals surface area (Å²) in [5.74, 6) is 1.50. The first-order chi connectivity index (χ1) is 20.2. The van der Waals surface area contributed by atoms with Crippen LogP contribution in [0.3, 0.4) is 0 Å². The third-order valence-electron chi connectivity index (χ3n) is 6.54. The van der Waals surface area contributed by atoms with Gasteiger partial charge in [0, 0.05) is 31.3 Å². The topological polar surface area (TPSA) is 110 Å². The molecule has 0 bridgehead atoms. The van der Waals surface area contributed by atoms with Crippen LogP contribution in [0.5, 0.6) is 0 Å². The molecule has 1 aromatic carbocycles. The van der Waals surface area contributed by atoms with Crippen LogP contribution in [0.4, 0.5) is 21.2 Å². The first kappa shape index (κ1) is 33.7. The van der Waals surface area contributed by atoms with Crippen molar-refractivity contribution in [1.82, 2.24) is 19.9 Å². The molecule has 0 saturated heterocycles. The third-order valence-corrected chi connectivity index (χ3v) is 6.54. The van der Waals surface area contributed by atoms with Gasteiger partial charge in [-0.1, -0.05) is 57.0 Å². The summed E-state index contributed by atoms with van der Waals surface area (Å²) in [6, 6.07) is 12.0. The molecule has 0 saturated carbocycles. The Balaban J connectivity index is 1.72. The van der Waals surface area contributed by atoms with Gasteiger partial charge in [0.15, 0.2) is 5.65 Å². The molecule has 0 atom stereocenters. The maximum absolute atomic E-state index is 13.6. The van der Waals surface area contributed by atoms with Crippen LogP contribution >= 0.6 is 0 Å². The van der Waals surface area contributed by atoms with Gasteiger partial charge in [-0.2, -0.15) is 9.61 Å². The molecule has 0 fully saturated rings. The molecule has 0 spiro atoms. The number of benzene rings is 1. The van der Waals surface area contributed by atoms with Crippen LogP contribution in [0.1, 0.15) is 98.1 Å². The summed E-state index contributed by atoms with van der Waals surface area (Å²) >= 11 is 0. The summed E-state index contributed by atoms with van der Waals surface area (Å²) in [6.07, 6.45) is 5.50. The van der Waals surface area contributed by atoms with Gasteiger partial charge in [-0.05, 0) is 72.3 Å². The number of ether oxygens (including phenoxy) is 2. The minimum Gasteiger partial charge on any atom is -0.444 e. The Hall–Kier alpha value is -3.82. The van der Waals surface area contributed by atoms with Crippen molar-refractivity contribution < 1.29 is 19.1 Å². The molecular formula is C33H50N6O4. The highest BCUT2D eigenvalue weighted by atomic mass is 16.6. The molecule has 2 N–H and O–H groups in total. The lowest BCUT2D eigenvalue weighted by atomic mass is 10.1. The number of unbranched alkanes of at least 4 members (excludes halogenated alkanes) is 3. The van der Waals surface area contributed by atoms with Gasteiger partial charge in [0.2, 0.25) is 0 Å². The molecule has 3 aromatic rings. The van der Waals surface area contributed by atoms with E-state index in [0.29, 0.717) is 31.1 Å². The minimum atomic E-state index is -0.648. The molecule has 2 amide bonds. The lowest BCUT2D eigenvalue weighted by Crippen LogP contribution is -2.39. The van der Waals surface area contributed by atoms with E-state index in [1.807, 2.05) is 72.0 Å². The molecule has 2 aromatic heterocycles. The minimum absolute atomic E-state index is 0.210. The lowest BCUT2D eigenvalue weighted by Gasteiger charge is -2.28. The number of amides is 2. The Morgan fingerprint density at radius 2 is 1.58 bits per heavy atom. The van der Waals surface area contributed by atoms with E-state index in [1.54, 1.807) is 9.42 Å². The predicted molar refractivity (Wildman–Crippen MR) is 172 cm³/mol. The standard InChI is InChI=1S/C33H50N6O4/c1-24(2)26-23-36-39-28(38(31(41)43-33(6,7)8)21-18-25-16-12-11-13-17-25)22-27(37-29(26)39)34-19-14-9-10-15-20-35-30(40)42-32(3,4)5/h11-13,16-17,22-24H,9-10,14-15,18-21H2,1-8H3,(H,34,37)(H,35,40). The zero-order chi connectivity index (χ0) is 31.6. The van der Waals surface area contributed by atoms with Crippen molar-refractivity contribution in [2.24, 2.45) is 0 Å². The second kappa shape index (κ2) is 15.1. The number of hydrogen-bond acceptors (Lipinski definition) is 7. The van der Waals surface area contributed by atoms with Gasteiger partial charge in [0.1, 0.15) is 22.8 Å². The fourth-order valence-electron chi connectivity index (χ4n) is 4.48.